The number of hydrogen-bond acceptors (Lipinski definition) is 9. The Labute approximate surface area is 219 Å². The maximum atomic E-state index is 13.0. The van der Waals surface area contributed by atoms with Crippen LogP contribution in [0.25, 0.3) is 0 Å². The van der Waals surface area contributed by atoms with E-state index in [-0.39, 0.29) is 16.4 Å². The smallest absolute Gasteiger partial charge is 0.382 e. The maximum Gasteiger partial charge on any atom is 0.418 e. The van der Waals surface area contributed by atoms with E-state index in [1.54, 1.807) is 6.92 Å². The van der Waals surface area contributed by atoms with Crippen LogP contribution in [0.1, 0.15) is 57.0 Å². The molecule has 15 heteroatoms. The summed E-state index contributed by atoms with van der Waals surface area (Å²) in [4.78, 5) is 41.2. The number of alkyl halides is 3. The molecule has 10 nitrogen and oxygen atoms in total. The zero-order valence-corrected chi connectivity index (χ0v) is 21.3. The first-order chi connectivity index (χ1) is 17.6. The molecule has 1 unspecified atom stereocenters. The van der Waals surface area contributed by atoms with Crippen molar-refractivity contribution in [3.05, 3.63) is 57.0 Å². The van der Waals surface area contributed by atoms with Crippen LogP contribution in [-0.2, 0) is 10.9 Å². The Bertz CT molecular complexity index is 1240. The lowest BCUT2D eigenvalue weighted by Gasteiger charge is -2.12. The molecular weight excluding hydrogens is 535 g/mol. The van der Waals surface area contributed by atoms with E-state index >= 15 is 0 Å². The Morgan fingerprint density at radius 3 is 2.62 bits per heavy atom. The molecule has 3 rings (SSSR count). The summed E-state index contributed by atoms with van der Waals surface area (Å²) in [5.41, 5.74) is -0.979. The topological polar surface area (TPSA) is 131 Å². The van der Waals surface area contributed by atoms with E-state index in [4.69, 9.17) is 16.3 Å². The number of nitrogens with zero attached hydrogens (tertiary/aromatic N) is 4. The molecule has 2 amide bonds. The van der Waals surface area contributed by atoms with Crippen molar-refractivity contribution in [2.75, 3.05) is 30.4 Å². The molecule has 0 saturated carbocycles. The minimum Gasteiger partial charge on any atom is -0.382 e. The van der Waals surface area contributed by atoms with Crippen molar-refractivity contribution >= 4 is 46.4 Å². The van der Waals surface area contributed by atoms with Crippen LogP contribution in [0.15, 0.2) is 30.9 Å². The third-order valence-corrected chi connectivity index (χ3v) is 6.22. The van der Waals surface area contributed by atoms with Crippen LogP contribution in [-0.4, -0.2) is 51.5 Å². The Balaban J connectivity index is 1.59. The van der Waals surface area contributed by atoms with Crippen LogP contribution in [0, 0.1) is 0 Å². The standard InChI is InChI=1S/C22H23ClF3N7O3S/c1-3-36-6-4-5-27-17-8-15(30-11-31-17)19(34)32-12(2)21-29-10-16(37-21)20(35)33-18-7-13(22(24,25)26)14(23)9-28-18/h7-12H,3-6H2,1-2H3,(H,32,34)(H,27,30,31)(H,28,33,35). The van der Waals surface area contributed by atoms with Gasteiger partial charge in [0.05, 0.1) is 22.8 Å². The summed E-state index contributed by atoms with van der Waals surface area (Å²) in [6.45, 7) is 5.45. The highest BCUT2D eigenvalue weighted by Gasteiger charge is 2.34. The van der Waals surface area contributed by atoms with Gasteiger partial charge >= 0.3 is 6.18 Å². The van der Waals surface area contributed by atoms with E-state index < -0.39 is 34.6 Å². The summed E-state index contributed by atoms with van der Waals surface area (Å²) in [5, 5.41) is 7.95. The molecule has 198 valence electrons. The first-order valence-corrected chi connectivity index (χ1v) is 12.2. The maximum absolute atomic E-state index is 13.0. The van der Waals surface area contributed by atoms with Gasteiger partial charge in [0.15, 0.2) is 0 Å². The molecule has 0 radical (unpaired) electrons. The average Bonchev–Trinajstić information content (AvgIpc) is 3.35. The third-order valence-electron chi connectivity index (χ3n) is 4.74. The van der Waals surface area contributed by atoms with Crippen LogP contribution >= 0.6 is 22.9 Å². The molecule has 0 saturated heterocycles. The van der Waals surface area contributed by atoms with Gasteiger partial charge in [0, 0.05) is 32.0 Å². The summed E-state index contributed by atoms with van der Waals surface area (Å²) in [7, 11) is 0. The van der Waals surface area contributed by atoms with Crippen LogP contribution in [0.4, 0.5) is 24.8 Å². The zero-order valence-electron chi connectivity index (χ0n) is 19.7. The number of amides is 2. The van der Waals surface area contributed by atoms with Crippen LogP contribution in [0.2, 0.25) is 5.02 Å². The molecule has 3 aromatic heterocycles. The number of rotatable bonds is 11. The van der Waals surface area contributed by atoms with Crippen molar-refractivity contribution in [3.63, 3.8) is 0 Å². The van der Waals surface area contributed by atoms with Gasteiger partial charge in [-0.05, 0) is 26.3 Å². The largest absolute Gasteiger partial charge is 0.418 e. The van der Waals surface area contributed by atoms with E-state index in [0.29, 0.717) is 36.7 Å². The molecule has 3 heterocycles. The fourth-order valence-electron chi connectivity index (χ4n) is 2.94. The molecule has 0 aliphatic carbocycles. The number of pyridine rings is 1. The van der Waals surface area contributed by atoms with Gasteiger partial charge < -0.3 is 20.7 Å². The summed E-state index contributed by atoms with van der Waals surface area (Å²) in [5.74, 6) is -1.01. The highest BCUT2D eigenvalue weighted by atomic mass is 35.5. The molecule has 37 heavy (non-hydrogen) atoms. The lowest BCUT2D eigenvalue weighted by molar-refractivity contribution is -0.137. The first-order valence-electron chi connectivity index (χ1n) is 11.0. The second-order valence-corrected chi connectivity index (χ2v) is 8.99. The number of thiazole rings is 1. The fourth-order valence-corrected chi connectivity index (χ4v) is 3.97. The van der Waals surface area contributed by atoms with Gasteiger partial charge in [-0.25, -0.2) is 19.9 Å². The van der Waals surface area contributed by atoms with Gasteiger partial charge in [-0.1, -0.05) is 11.6 Å². The molecule has 3 aromatic rings. The Morgan fingerprint density at radius 2 is 1.89 bits per heavy atom. The summed E-state index contributed by atoms with van der Waals surface area (Å²) in [6.07, 6.45) is -0.591. The van der Waals surface area contributed by atoms with Gasteiger partial charge in [-0.15, -0.1) is 11.3 Å². The Morgan fingerprint density at radius 1 is 1.11 bits per heavy atom. The number of carbonyl (C=O) groups is 2. The van der Waals surface area contributed by atoms with E-state index in [9.17, 15) is 22.8 Å². The molecule has 0 fully saturated rings. The predicted octanol–water partition coefficient (Wildman–Crippen LogP) is 4.58. The molecule has 0 aromatic carbocycles. The summed E-state index contributed by atoms with van der Waals surface area (Å²) < 4.78 is 44.4. The van der Waals surface area contributed by atoms with Crippen molar-refractivity contribution in [1.82, 2.24) is 25.3 Å². The number of halogens is 4. The van der Waals surface area contributed by atoms with Crippen molar-refractivity contribution in [2.45, 2.75) is 32.5 Å². The molecule has 3 N–H and O–H groups in total. The summed E-state index contributed by atoms with van der Waals surface area (Å²) in [6, 6.07) is 1.58. The average molecular weight is 558 g/mol. The number of ether oxygens (including phenoxy) is 1. The minimum absolute atomic E-state index is 0.113. The van der Waals surface area contributed by atoms with Crippen LogP contribution in [0.5, 0.6) is 0 Å². The molecular formula is C22H23ClF3N7O3S. The number of hydrogen-bond donors (Lipinski definition) is 3. The van der Waals surface area contributed by atoms with Gasteiger partial charge in [0.2, 0.25) is 0 Å². The quantitative estimate of drug-likeness (QED) is 0.292. The SMILES string of the molecule is CCOCCCNc1cc(C(=O)NC(C)c2ncc(C(=O)Nc3cc(C(F)(F)F)c(Cl)cn3)s2)ncn1. The molecule has 0 aliphatic heterocycles. The highest BCUT2D eigenvalue weighted by molar-refractivity contribution is 7.13. The zero-order chi connectivity index (χ0) is 27.0. The molecule has 0 spiro atoms. The Kier molecular flexibility index (Phi) is 9.72. The van der Waals surface area contributed by atoms with Crippen molar-refractivity contribution in [3.8, 4) is 0 Å². The van der Waals surface area contributed by atoms with E-state index in [2.05, 4.69) is 35.9 Å². The normalized spacial score (nSPS) is 12.2. The number of aromatic nitrogens is 4. The van der Waals surface area contributed by atoms with Gasteiger partial charge in [-0.2, -0.15) is 13.2 Å². The summed E-state index contributed by atoms with van der Waals surface area (Å²) >= 11 is 6.52. The van der Waals surface area contributed by atoms with Gasteiger partial charge in [0.25, 0.3) is 11.8 Å². The second-order valence-electron chi connectivity index (χ2n) is 7.52. The van der Waals surface area contributed by atoms with Crippen molar-refractivity contribution in [2.24, 2.45) is 0 Å². The molecule has 0 aliphatic rings. The third kappa shape index (κ3) is 8.06. The van der Waals surface area contributed by atoms with Crippen molar-refractivity contribution in [1.29, 1.82) is 0 Å². The molecule has 0 bridgehead atoms. The minimum atomic E-state index is -4.70. The molecule has 1 atom stereocenters. The number of carbonyl (C=O) groups excluding carboxylic acids is 2. The highest BCUT2D eigenvalue weighted by Crippen LogP contribution is 2.35. The predicted molar refractivity (Wildman–Crippen MR) is 132 cm³/mol. The fraction of sp³-hybridized carbons (Fsp3) is 0.364. The first kappa shape index (κ1) is 28.2. The van der Waals surface area contributed by atoms with Crippen LogP contribution < -0.4 is 16.0 Å². The van der Waals surface area contributed by atoms with Crippen molar-refractivity contribution < 1.29 is 27.5 Å². The van der Waals surface area contributed by atoms with Crippen LogP contribution in [0.3, 0.4) is 0 Å². The Hall–Kier alpha value is -3.36. The van der Waals surface area contributed by atoms with E-state index in [0.717, 1.165) is 24.0 Å². The number of anilines is 2. The van der Waals surface area contributed by atoms with E-state index in [1.165, 1.54) is 18.6 Å². The monoisotopic (exact) mass is 557 g/mol. The van der Waals surface area contributed by atoms with Gasteiger partial charge in [-0.3, -0.25) is 9.59 Å². The lowest BCUT2D eigenvalue weighted by Crippen LogP contribution is -2.27. The number of nitrogens with one attached hydrogen (secondary N) is 3. The lowest BCUT2D eigenvalue weighted by atomic mass is 10.2. The second kappa shape index (κ2) is 12.7. The van der Waals surface area contributed by atoms with E-state index in [1.807, 2.05) is 6.92 Å². The van der Waals surface area contributed by atoms with Gasteiger partial charge in [0.1, 0.15) is 33.5 Å².